The van der Waals surface area contributed by atoms with Gasteiger partial charge in [-0.05, 0) is 37.3 Å². The first-order chi connectivity index (χ1) is 15.1. The number of thioether (sulfide) groups is 1. The fraction of sp³-hybridized carbons (Fsp3) is 0.263. The van der Waals surface area contributed by atoms with E-state index < -0.39 is 34.2 Å². The van der Waals surface area contributed by atoms with Crippen molar-refractivity contribution in [1.82, 2.24) is 10.9 Å². The van der Waals surface area contributed by atoms with Crippen LogP contribution in [0.4, 0.5) is 18.9 Å². The monoisotopic (exact) mass is 473 g/mol. The van der Waals surface area contributed by atoms with Crippen molar-refractivity contribution < 1.29 is 37.2 Å². The number of ether oxygens (including phenoxy) is 2. The fourth-order valence-corrected chi connectivity index (χ4v) is 3.22. The van der Waals surface area contributed by atoms with E-state index in [-0.39, 0.29) is 16.2 Å². The lowest BCUT2D eigenvalue weighted by molar-refractivity contribution is -0.388. The van der Waals surface area contributed by atoms with Gasteiger partial charge in [-0.3, -0.25) is 30.6 Å². The van der Waals surface area contributed by atoms with Crippen LogP contribution in [0.25, 0.3) is 0 Å². The lowest BCUT2D eigenvalue weighted by Gasteiger charge is -2.12. The van der Waals surface area contributed by atoms with Gasteiger partial charge in [-0.1, -0.05) is 0 Å². The molecule has 2 amide bonds. The maximum absolute atomic E-state index is 12.8. The molecule has 0 aromatic heterocycles. The second kappa shape index (κ2) is 10.7. The number of nitrogens with zero attached hydrogens (tertiary/aromatic N) is 1. The molecule has 0 saturated heterocycles. The number of hydrazine groups is 1. The van der Waals surface area contributed by atoms with Gasteiger partial charge in [0.05, 0.1) is 34.9 Å². The van der Waals surface area contributed by atoms with E-state index >= 15 is 0 Å². The summed E-state index contributed by atoms with van der Waals surface area (Å²) in [6.07, 6.45) is -4.74. The summed E-state index contributed by atoms with van der Waals surface area (Å²) < 4.78 is 48.7. The molecule has 172 valence electrons. The normalized spacial score (nSPS) is 10.9. The number of halogens is 3. The largest absolute Gasteiger partial charge is 0.493 e. The van der Waals surface area contributed by atoms with Crippen LogP contribution in [0.5, 0.6) is 11.5 Å². The average Bonchev–Trinajstić information content (AvgIpc) is 2.75. The Morgan fingerprint density at radius 1 is 1.12 bits per heavy atom. The van der Waals surface area contributed by atoms with Crippen molar-refractivity contribution in [2.75, 3.05) is 19.5 Å². The Balaban J connectivity index is 1.98. The highest BCUT2D eigenvalue weighted by Crippen LogP contribution is 2.36. The maximum Gasteiger partial charge on any atom is 0.416 e. The van der Waals surface area contributed by atoms with Gasteiger partial charge in [0.1, 0.15) is 0 Å². The lowest BCUT2D eigenvalue weighted by atomic mass is 10.2. The molecule has 2 aromatic carbocycles. The summed E-state index contributed by atoms with van der Waals surface area (Å²) in [5.41, 5.74) is 2.52. The number of carbonyl (C=O) groups is 2. The smallest absolute Gasteiger partial charge is 0.416 e. The van der Waals surface area contributed by atoms with Gasteiger partial charge in [0.25, 0.3) is 11.6 Å². The van der Waals surface area contributed by atoms with Crippen molar-refractivity contribution in [3.63, 3.8) is 0 Å². The van der Waals surface area contributed by atoms with Crippen LogP contribution < -0.4 is 20.3 Å². The van der Waals surface area contributed by atoms with E-state index in [9.17, 15) is 32.9 Å². The molecule has 0 heterocycles. The molecule has 0 spiro atoms. The molecule has 9 nitrogen and oxygen atoms in total. The van der Waals surface area contributed by atoms with Crippen molar-refractivity contribution in [1.29, 1.82) is 0 Å². The van der Waals surface area contributed by atoms with Crippen molar-refractivity contribution in [2.24, 2.45) is 0 Å². The minimum Gasteiger partial charge on any atom is -0.493 e. The zero-order valence-corrected chi connectivity index (χ0v) is 17.6. The first kappa shape index (κ1) is 24.8. The summed E-state index contributed by atoms with van der Waals surface area (Å²) in [7, 11) is 1.40. The molecule has 2 aromatic rings. The summed E-state index contributed by atoms with van der Waals surface area (Å²) in [5.74, 6) is -1.03. The van der Waals surface area contributed by atoms with E-state index in [1.807, 2.05) is 0 Å². The number of hydrogen-bond donors (Lipinski definition) is 2. The lowest BCUT2D eigenvalue weighted by Crippen LogP contribution is -2.42. The number of alkyl halides is 3. The van der Waals surface area contributed by atoms with Gasteiger partial charge >= 0.3 is 6.18 Å². The molecule has 0 radical (unpaired) electrons. The Kier molecular flexibility index (Phi) is 8.29. The van der Waals surface area contributed by atoms with Crippen LogP contribution in [0.15, 0.2) is 41.3 Å². The second-order valence-electron chi connectivity index (χ2n) is 6.03. The number of nitro benzene ring substituents is 1. The van der Waals surface area contributed by atoms with Crippen molar-refractivity contribution in [2.45, 2.75) is 18.0 Å². The quantitative estimate of drug-likeness (QED) is 0.342. The zero-order chi connectivity index (χ0) is 23.9. The fourth-order valence-electron chi connectivity index (χ4n) is 2.42. The highest BCUT2D eigenvalue weighted by Gasteiger charge is 2.33. The topological polar surface area (TPSA) is 120 Å². The third kappa shape index (κ3) is 6.51. The minimum atomic E-state index is -4.74. The van der Waals surface area contributed by atoms with Crippen LogP contribution >= 0.6 is 11.8 Å². The Morgan fingerprint density at radius 2 is 1.84 bits per heavy atom. The predicted molar refractivity (Wildman–Crippen MR) is 109 cm³/mol. The number of hydrogen-bond acceptors (Lipinski definition) is 7. The third-order valence-electron chi connectivity index (χ3n) is 3.88. The number of methoxy groups -OCH3 is 1. The standard InChI is InChI=1S/C19H18F3N3O6S/c1-3-31-14-6-4-11(8-15(14)30-2)18(27)24-23-17(26)10-32-16-7-5-12(19(20,21)22)9-13(16)25(28)29/h4-9H,3,10H2,1-2H3,(H,23,26)(H,24,27). The number of benzene rings is 2. The third-order valence-corrected chi connectivity index (χ3v) is 4.95. The Morgan fingerprint density at radius 3 is 2.44 bits per heavy atom. The summed E-state index contributed by atoms with van der Waals surface area (Å²) >= 11 is 0.655. The van der Waals surface area contributed by atoms with Crippen LogP contribution in [0.3, 0.4) is 0 Å². The van der Waals surface area contributed by atoms with Gasteiger partial charge in [-0.15, -0.1) is 11.8 Å². The van der Waals surface area contributed by atoms with Gasteiger partial charge in [0.2, 0.25) is 5.91 Å². The van der Waals surface area contributed by atoms with E-state index in [2.05, 4.69) is 10.9 Å². The summed E-state index contributed by atoms with van der Waals surface area (Å²) in [6, 6.07) is 6.40. The minimum absolute atomic E-state index is 0.124. The molecule has 0 fully saturated rings. The molecular weight excluding hydrogens is 455 g/mol. The second-order valence-corrected chi connectivity index (χ2v) is 7.04. The number of carbonyl (C=O) groups excluding carboxylic acids is 2. The van der Waals surface area contributed by atoms with Crippen LogP contribution in [-0.2, 0) is 11.0 Å². The highest BCUT2D eigenvalue weighted by atomic mass is 32.2. The molecular formula is C19H18F3N3O6S. The molecule has 32 heavy (non-hydrogen) atoms. The maximum atomic E-state index is 12.8. The van der Waals surface area contributed by atoms with Crippen molar-refractivity contribution in [3.8, 4) is 11.5 Å². The Bertz CT molecular complexity index is 1020. The van der Waals surface area contributed by atoms with Crippen molar-refractivity contribution in [3.05, 3.63) is 57.6 Å². The number of rotatable bonds is 8. The summed E-state index contributed by atoms with van der Waals surface area (Å²) in [5, 5.41) is 11.1. The molecule has 2 rings (SSSR count). The van der Waals surface area contributed by atoms with E-state index in [0.717, 1.165) is 6.07 Å². The van der Waals surface area contributed by atoms with Crippen LogP contribution in [0.1, 0.15) is 22.8 Å². The molecule has 13 heteroatoms. The first-order valence-electron chi connectivity index (χ1n) is 8.95. The van der Waals surface area contributed by atoms with E-state index in [4.69, 9.17) is 9.47 Å². The molecule has 0 aliphatic carbocycles. The van der Waals surface area contributed by atoms with Gasteiger partial charge in [-0.25, -0.2) is 0 Å². The average molecular weight is 473 g/mol. The van der Waals surface area contributed by atoms with Gasteiger partial charge in [0.15, 0.2) is 11.5 Å². The van der Waals surface area contributed by atoms with E-state index in [0.29, 0.717) is 42.0 Å². The van der Waals surface area contributed by atoms with E-state index in [1.165, 1.54) is 25.3 Å². The van der Waals surface area contributed by atoms with Crippen molar-refractivity contribution >= 4 is 29.3 Å². The first-order valence-corrected chi connectivity index (χ1v) is 9.93. The van der Waals surface area contributed by atoms with Crippen LogP contribution in [0.2, 0.25) is 0 Å². The van der Waals surface area contributed by atoms with Gasteiger partial charge in [-0.2, -0.15) is 13.2 Å². The van der Waals surface area contributed by atoms with Crippen LogP contribution in [0, 0.1) is 10.1 Å². The molecule has 0 atom stereocenters. The SMILES string of the molecule is CCOc1ccc(C(=O)NNC(=O)CSc2ccc(C(F)(F)F)cc2[N+](=O)[O-])cc1OC. The molecule has 0 bridgehead atoms. The van der Waals surface area contributed by atoms with E-state index in [1.54, 1.807) is 6.92 Å². The Labute approximate surface area is 184 Å². The summed E-state index contributed by atoms with van der Waals surface area (Å²) in [4.78, 5) is 34.2. The molecule has 2 N–H and O–H groups in total. The molecule has 0 unspecified atom stereocenters. The predicted octanol–water partition coefficient (Wildman–Crippen LogP) is 3.57. The Hall–Kier alpha value is -3.48. The zero-order valence-electron chi connectivity index (χ0n) is 16.8. The highest BCUT2D eigenvalue weighted by molar-refractivity contribution is 8.00. The van der Waals surface area contributed by atoms with Gasteiger partial charge in [0, 0.05) is 11.6 Å². The molecule has 0 aliphatic heterocycles. The number of nitro groups is 1. The molecule has 0 saturated carbocycles. The molecule has 0 aliphatic rings. The number of amides is 2. The summed E-state index contributed by atoms with van der Waals surface area (Å²) in [6.45, 7) is 2.18. The van der Waals surface area contributed by atoms with Gasteiger partial charge < -0.3 is 9.47 Å². The van der Waals surface area contributed by atoms with Crippen LogP contribution in [-0.4, -0.2) is 36.2 Å². The number of nitrogens with one attached hydrogen (secondary N) is 2.